The van der Waals surface area contributed by atoms with Crippen molar-refractivity contribution in [3.8, 4) is 17.1 Å². The molecule has 1 heterocycles. The molecule has 0 bridgehead atoms. The Balaban J connectivity index is 2.22. The fourth-order valence-electron chi connectivity index (χ4n) is 2.42. The summed E-state index contributed by atoms with van der Waals surface area (Å²) in [6.07, 6.45) is 0. The fraction of sp³-hybridized carbons (Fsp3) is 0.125. The quantitative estimate of drug-likeness (QED) is 0.721. The minimum atomic E-state index is -0.934. The number of nitrogens with zero attached hydrogens (tertiary/aromatic N) is 2. The molecule has 0 aliphatic heterocycles. The van der Waals surface area contributed by atoms with Gasteiger partial charge in [-0.25, -0.2) is 4.98 Å². The standard InChI is InChI=1S/C16H15N3O3/c1-22-11-7-5-10(6-8-11)16-18-15-12(17)3-2-4-13(15)19(16)9-14(20)21/h2-8H,9,17H2,1H3,(H,20,21). The molecule has 0 unspecified atom stereocenters. The van der Waals surface area contributed by atoms with Crippen LogP contribution in [0.2, 0.25) is 0 Å². The fourth-order valence-corrected chi connectivity index (χ4v) is 2.42. The van der Waals surface area contributed by atoms with Gasteiger partial charge in [-0.15, -0.1) is 0 Å². The molecule has 0 atom stereocenters. The summed E-state index contributed by atoms with van der Waals surface area (Å²) in [5, 5.41) is 9.17. The molecule has 0 spiro atoms. The zero-order valence-corrected chi connectivity index (χ0v) is 12.0. The summed E-state index contributed by atoms with van der Waals surface area (Å²) in [6.45, 7) is -0.179. The van der Waals surface area contributed by atoms with Crippen LogP contribution in [0.4, 0.5) is 5.69 Å². The van der Waals surface area contributed by atoms with Gasteiger partial charge in [0.25, 0.3) is 0 Å². The summed E-state index contributed by atoms with van der Waals surface area (Å²) in [6, 6.07) is 12.7. The molecule has 0 aliphatic rings. The first-order valence-electron chi connectivity index (χ1n) is 6.71. The number of nitrogens with two attached hydrogens (primary N) is 1. The average Bonchev–Trinajstić information content (AvgIpc) is 2.87. The maximum Gasteiger partial charge on any atom is 0.323 e. The van der Waals surface area contributed by atoms with Gasteiger partial charge in [0, 0.05) is 5.56 Å². The Morgan fingerprint density at radius 1 is 1.27 bits per heavy atom. The van der Waals surface area contributed by atoms with Crippen LogP contribution < -0.4 is 10.5 Å². The lowest BCUT2D eigenvalue weighted by Gasteiger charge is -2.07. The smallest absolute Gasteiger partial charge is 0.323 e. The van der Waals surface area contributed by atoms with E-state index < -0.39 is 5.97 Å². The molecule has 3 aromatic rings. The van der Waals surface area contributed by atoms with Crippen molar-refractivity contribution in [2.24, 2.45) is 0 Å². The number of ether oxygens (including phenoxy) is 1. The van der Waals surface area contributed by atoms with Gasteiger partial charge in [-0.05, 0) is 36.4 Å². The topological polar surface area (TPSA) is 90.4 Å². The second kappa shape index (κ2) is 5.40. The SMILES string of the molecule is COc1ccc(-c2nc3c(N)cccc3n2CC(=O)O)cc1. The number of anilines is 1. The molecule has 3 rings (SSSR count). The van der Waals surface area contributed by atoms with Crippen molar-refractivity contribution < 1.29 is 14.6 Å². The van der Waals surface area contributed by atoms with E-state index in [0.717, 1.165) is 11.3 Å². The van der Waals surface area contributed by atoms with E-state index in [1.807, 2.05) is 30.3 Å². The second-order valence-corrected chi connectivity index (χ2v) is 4.86. The third-order valence-corrected chi connectivity index (χ3v) is 3.45. The lowest BCUT2D eigenvalue weighted by atomic mass is 10.2. The summed E-state index contributed by atoms with van der Waals surface area (Å²) in [4.78, 5) is 15.7. The van der Waals surface area contributed by atoms with Crippen molar-refractivity contribution in [2.75, 3.05) is 12.8 Å². The van der Waals surface area contributed by atoms with Crippen LogP contribution in [0, 0.1) is 0 Å². The van der Waals surface area contributed by atoms with Gasteiger partial charge in [0.2, 0.25) is 0 Å². The van der Waals surface area contributed by atoms with E-state index in [9.17, 15) is 4.79 Å². The van der Waals surface area contributed by atoms with Crippen LogP contribution in [0.1, 0.15) is 0 Å². The highest BCUT2D eigenvalue weighted by atomic mass is 16.5. The normalized spacial score (nSPS) is 10.8. The number of carboxylic acid groups (broad SMARTS) is 1. The highest BCUT2D eigenvalue weighted by Crippen LogP contribution is 2.28. The van der Waals surface area contributed by atoms with Gasteiger partial charge in [0.1, 0.15) is 23.6 Å². The minimum Gasteiger partial charge on any atom is -0.497 e. The Labute approximate surface area is 126 Å². The van der Waals surface area contributed by atoms with Crippen LogP contribution in [0.15, 0.2) is 42.5 Å². The van der Waals surface area contributed by atoms with Gasteiger partial charge in [0.05, 0.1) is 18.3 Å². The molecule has 1 aromatic heterocycles. The number of rotatable bonds is 4. The molecule has 6 heteroatoms. The van der Waals surface area contributed by atoms with Crippen LogP contribution in [-0.4, -0.2) is 27.7 Å². The molecule has 2 aromatic carbocycles. The zero-order valence-electron chi connectivity index (χ0n) is 12.0. The maximum absolute atomic E-state index is 11.2. The predicted octanol–water partition coefficient (Wildman–Crippen LogP) is 2.38. The summed E-state index contributed by atoms with van der Waals surface area (Å²) < 4.78 is 6.79. The van der Waals surface area contributed by atoms with Crippen molar-refractivity contribution in [1.82, 2.24) is 9.55 Å². The number of methoxy groups -OCH3 is 1. The van der Waals surface area contributed by atoms with E-state index in [0.29, 0.717) is 22.5 Å². The van der Waals surface area contributed by atoms with E-state index in [-0.39, 0.29) is 6.54 Å². The number of para-hydroxylation sites is 1. The molecule has 0 saturated carbocycles. The molecule has 3 N–H and O–H groups in total. The highest BCUT2D eigenvalue weighted by Gasteiger charge is 2.16. The van der Waals surface area contributed by atoms with Crippen LogP contribution in [0.3, 0.4) is 0 Å². The van der Waals surface area contributed by atoms with E-state index in [1.165, 1.54) is 0 Å². The molecular weight excluding hydrogens is 282 g/mol. The van der Waals surface area contributed by atoms with Crippen molar-refractivity contribution >= 4 is 22.7 Å². The van der Waals surface area contributed by atoms with Crippen LogP contribution in [-0.2, 0) is 11.3 Å². The third kappa shape index (κ3) is 2.35. The molecule has 112 valence electrons. The van der Waals surface area contributed by atoms with Gasteiger partial charge in [-0.1, -0.05) is 6.07 Å². The lowest BCUT2D eigenvalue weighted by molar-refractivity contribution is -0.137. The summed E-state index contributed by atoms with van der Waals surface area (Å²) in [5.41, 5.74) is 8.59. The predicted molar refractivity (Wildman–Crippen MR) is 83.8 cm³/mol. The largest absolute Gasteiger partial charge is 0.497 e. The maximum atomic E-state index is 11.2. The Kier molecular flexibility index (Phi) is 3.42. The first kappa shape index (κ1) is 13.9. The molecule has 0 radical (unpaired) electrons. The van der Waals surface area contributed by atoms with E-state index >= 15 is 0 Å². The van der Waals surface area contributed by atoms with Crippen molar-refractivity contribution in [3.63, 3.8) is 0 Å². The highest BCUT2D eigenvalue weighted by molar-refractivity contribution is 5.91. The Morgan fingerprint density at radius 3 is 2.64 bits per heavy atom. The molecule has 6 nitrogen and oxygen atoms in total. The summed E-state index contributed by atoms with van der Waals surface area (Å²) >= 11 is 0. The minimum absolute atomic E-state index is 0.179. The van der Waals surface area contributed by atoms with Crippen molar-refractivity contribution in [2.45, 2.75) is 6.54 Å². The average molecular weight is 297 g/mol. The van der Waals surface area contributed by atoms with Gasteiger partial charge in [-0.3, -0.25) is 4.79 Å². The zero-order chi connectivity index (χ0) is 15.7. The molecule has 0 fully saturated rings. The number of aromatic nitrogens is 2. The first-order chi connectivity index (χ1) is 10.6. The van der Waals surface area contributed by atoms with Gasteiger partial charge < -0.3 is 20.1 Å². The number of carbonyl (C=O) groups is 1. The van der Waals surface area contributed by atoms with Gasteiger partial charge in [0.15, 0.2) is 0 Å². The monoisotopic (exact) mass is 297 g/mol. The van der Waals surface area contributed by atoms with Crippen molar-refractivity contribution in [1.29, 1.82) is 0 Å². The number of carboxylic acids is 1. The molecule has 0 saturated heterocycles. The molecular formula is C16H15N3O3. The molecule has 22 heavy (non-hydrogen) atoms. The van der Waals surface area contributed by atoms with E-state index in [2.05, 4.69) is 4.98 Å². The number of nitrogen functional groups attached to an aromatic ring is 1. The van der Waals surface area contributed by atoms with Crippen LogP contribution in [0.5, 0.6) is 5.75 Å². The number of aliphatic carboxylic acids is 1. The van der Waals surface area contributed by atoms with E-state index in [4.69, 9.17) is 15.6 Å². The Hall–Kier alpha value is -3.02. The van der Waals surface area contributed by atoms with Crippen LogP contribution >= 0.6 is 0 Å². The molecule has 0 amide bonds. The van der Waals surface area contributed by atoms with Crippen LogP contribution in [0.25, 0.3) is 22.4 Å². The summed E-state index contributed by atoms with van der Waals surface area (Å²) in [7, 11) is 1.59. The Morgan fingerprint density at radius 2 is 2.00 bits per heavy atom. The number of benzene rings is 2. The first-order valence-corrected chi connectivity index (χ1v) is 6.71. The lowest BCUT2D eigenvalue weighted by Crippen LogP contribution is -2.10. The van der Waals surface area contributed by atoms with Crippen molar-refractivity contribution in [3.05, 3.63) is 42.5 Å². The van der Waals surface area contributed by atoms with Gasteiger partial charge in [-0.2, -0.15) is 0 Å². The number of fused-ring (bicyclic) bond motifs is 1. The number of hydrogen-bond acceptors (Lipinski definition) is 4. The molecule has 0 aliphatic carbocycles. The Bertz CT molecular complexity index is 838. The van der Waals surface area contributed by atoms with E-state index in [1.54, 1.807) is 23.8 Å². The number of hydrogen-bond donors (Lipinski definition) is 2. The second-order valence-electron chi connectivity index (χ2n) is 4.86. The third-order valence-electron chi connectivity index (χ3n) is 3.45. The summed E-state index contributed by atoms with van der Waals surface area (Å²) in [5.74, 6) is 0.360. The number of imidazole rings is 1. The van der Waals surface area contributed by atoms with Gasteiger partial charge >= 0.3 is 5.97 Å².